The maximum atomic E-state index is 13.1. The van der Waals surface area contributed by atoms with Crippen LogP contribution in [0.2, 0.25) is 0 Å². The predicted octanol–water partition coefficient (Wildman–Crippen LogP) is 3.27. The van der Waals surface area contributed by atoms with Gasteiger partial charge in [-0.25, -0.2) is 8.42 Å². The lowest BCUT2D eigenvalue weighted by molar-refractivity contribution is -0.140. The van der Waals surface area contributed by atoms with E-state index in [9.17, 15) is 18.0 Å². The molecule has 2 amide bonds. The number of likely N-dealkylation sites (N-methyl/N-ethyl adjacent to an activating group) is 1. The third-order valence-electron chi connectivity index (χ3n) is 5.63. The zero-order chi connectivity index (χ0) is 24.6. The second-order valence-electron chi connectivity index (χ2n) is 8.26. The molecule has 2 aromatic rings. The first-order valence-corrected chi connectivity index (χ1v) is 13.0. The van der Waals surface area contributed by atoms with Crippen LogP contribution in [0.1, 0.15) is 43.4 Å². The minimum atomic E-state index is -3.50. The summed E-state index contributed by atoms with van der Waals surface area (Å²) in [7, 11) is -1.95. The first-order chi connectivity index (χ1) is 15.6. The number of carbonyl (C=O) groups is 2. The number of benzene rings is 2. The van der Waals surface area contributed by atoms with Gasteiger partial charge in [0.05, 0.1) is 11.9 Å². The van der Waals surface area contributed by atoms with Crippen molar-refractivity contribution in [1.29, 1.82) is 0 Å². The summed E-state index contributed by atoms with van der Waals surface area (Å²) in [5, 5.41) is 2.60. The predicted molar refractivity (Wildman–Crippen MR) is 133 cm³/mol. The topological polar surface area (TPSA) is 86.8 Å². The van der Waals surface area contributed by atoms with Crippen LogP contribution in [0.3, 0.4) is 0 Å². The van der Waals surface area contributed by atoms with Crippen molar-refractivity contribution < 1.29 is 18.0 Å². The molecule has 0 aliphatic rings. The molecule has 0 fully saturated rings. The van der Waals surface area contributed by atoms with Crippen molar-refractivity contribution >= 4 is 27.5 Å². The molecule has 0 aromatic heterocycles. The number of nitrogens with zero attached hydrogens (tertiary/aromatic N) is 2. The second-order valence-corrected chi connectivity index (χ2v) is 10.2. The lowest BCUT2D eigenvalue weighted by Gasteiger charge is -2.29. The average Bonchev–Trinajstić information content (AvgIpc) is 2.78. The zero-order valence-corrected chi connectivity index (χ0v) is 21.0. The standard InChI is InChI=1S/C25H35N3O4S/c1-6-21-12-14-23(15-13-21)28(33(5,31)32)16-8-11-24(29)27(20(3)25(30)26-4)18-22-10-7-9-19(2)17-22/h7,9-10,12-15,17,20H,6,8,11,16,18H2,1-5H3,(H,26,30)/t20-/m0/s1. The Hall–Kier alpha value is -2.87. The summed E-state index contributed by atoms with van der Waals surface area (Å²) in [4.78, 5) is 26.9. The van der Waals surface area contributed by atoms with E-state index in [0.29, 0.717) is 18.7 Å². The van der Waals surface area contributed by atoms with Crippen LogP contribution in [-0.4, -0.2) is 51.0 Å². The molecule has 1 atom stereocenters. The Kier molecular flexibility index (Phi) is 9.46. The Morgan fingerprint density at radius 3 is 2.27 bits per heavy atom. The van der Waals surface area contributed by atoms with Gasteiger partial charge in [-0.3, -0.25) is 13.9 Å². The van der Waals surface area contributed by atoms with E-state index in [0.717, 1.165) is 23.1 Å². The molecule has 0 heterocycles. The lowest BCUT2D eigenvalue weighted by atomic mass is 10.1. The van der Waals surface area contributed by atoms with Crippen molar-refractivity contribution in [3.05, 3.63) is 65.2 Å². The number of hydrogen-bond donors (Lipinski definition) is 1. The Labute approximate surface area is 197 Å². The van der Waals surface area contributed by atoms with Gasteiger partial charge in [-0.2, -0.15) is 0 Å². The highest BCUT2D eigenvalue weighted by molar-refractivity contribution is 7.92. The molecule has 0 aliphatic heterocycles. The van der Waals surface area contributed by atoms with Crippen LogP contribution in [0, 0.1) is 6.92 Å². The number of rotatable bonds is 11. The molecule has 1 N–H and O–H groups in total. The first-order valence-electron chi connectivity index (χ1n) is 11.2. The van der Waals surface area contributed by atoms with E-state index < -0.39 is 16.1 Å². The highest BCUT2D eigenvalue weighted by atomic mass is 32.2. The average molecular weight is 474 g/mol. The van der Waals surface area contributed by atoms with Crippen LogP contribution in [0.15, 0.2) is 48.5 Å². The Balaban J connectivity index is 2.13. The largest absolute Gasteiger partial charge is 0.357 e. The maximum Gasteiger partial charge on any atom is 0.242 e. The van der Waals surface area contributed by atoms with Gasteiger partial charge >= 0.3 is 0 Å². The van der Waals surface area contributed by atoms with Gasteiger partial charge in [-0.15, -0.1) is 0 Å². The molecule has 0 spiro atoms. The number of aryl methyl sites for hydroxylation is 2. The molecule has 2 aromatic carbocycles. The fourth-order valence-electron chi connectivity index (χ4n) is 3.70. The summed E-state index contributed by atoms with van der Waals surface area (Å²) in [6, 6.07) is 14.6. The number of sulfonamides is 1. The van der Waals surface area contributed by atoms with Crippen LogP contribution in [-0.2, 0) is 32.6 Å². The molecule has 180 valence electrons. The molecule has 7 nitrogen and oxygen atoms in total. The lowest BCUT2D eigenvalue weighted by Crippen LogP contribution is -2.46. The van der Waals surface area contributed by atoms with Crippen molar-refractivity contribution in [2.75, 3.05) is 24.2 Å². The molecule has 0 unspecified atom stereocenters. The molecule has 0 radical (unpaired) electrons. The number of amides is 2. The SMILES string of the molecule is CCc1ccc(N(CCCC(=O)N(Cc2cccc(C)c2)[C@@H](C)C(=O)NC)S(C)(=O)=O)cc1. The highest BCUT2D eigenvalue weighted by Gasteiger charge is 2.26. The van der Waals surface area contributed by atoms with Gasteiger partial charge in [0.25, 0.3) is 0 Å². The summed E-state index contributed by atoms with van der Waals surface area (Å²) in [5.74, 6) is -0.438. The van der Waals surface area contributed by atoms with Crippen molar-refractivity contribution in [2.45, 2.75) is 52.6 Å². The maximum absolute atomic E-state index is 13.1. The van der Waals surface area contributed by atoms with Gasteiger partial charge in [0.15, 0.2) is 0 Å². The van der Waals surface area contributed by atoms with Gasteiger partial charge in [0, 0.05) is 26.6 Å². The minimum Gasteiger partial charge on any atom is -0.357 e. The van der Waals surface area contributed by atoms with E-state index in [2.05, 4.69) is 5.32 Å². The van der Waals surface area contributed by atoms with Gasteiger partial charge in [0.1, 0.15) is 6.04 Å². The van der Waals surface area contributed by atoms with Crippen LogP contribution in [0.25, 0.3) is 0 Å². The van der Waals surface area contributed by atoms with E-state index >= 15 is 0 Å². The highest BCUT2D eigenvalue weighted by Crippen LogP contribution is 2.20. The Morgan fingerprint density at radius 1 is 1.06 bits per heavy atom. The first kappa shape index (κ1) is 26.4. The van der Waals surface area contributed by atoms with Crippen LogP contribution in [0.5, 0.6) is 0 Å². The van der Waals surface area contributed by atoms with E-state index in [1.807, 2.05) is 50.2 Å². The zero-order valence-electron chi connectivity index (χ0n) is 20.2. The molecule has 0 saturated carbocycles. The fraction of sp³-hybridized carbons (Fsp3) is 0.440. The number of hydrogen-bond acceptors (Lipinski definition) is 4. The molecule has 8 heteroatoms. The van der Waals surface area contributed by atoms with Crippen molar-refractivity contribution in [3.63, 3.8) is 0 Å². The molecule has 2 rings (SSSR count). The van der Waals surface area contributed by atoms with Crippen molar-refractivity contribution in [1.82, 2.24) is 10.2 Å². The second kappa shape index (κ2) is 11.8. The van der Waals surface area contributed by atoms with Crippen LogP contribution < -0.4 is 9.62 Å². The van der Waals surface area contributed by atoms with Gasteiger partial charge in [-0.1, -0.05) is 48.9 Å². The molecule has 0 bridgehead atoms. The Morgan fingerprint density at radius 2 is 1.73 bits per heavy atom. The third kappa shape index (κ3) is 7.60. The summed E-state index contributed by atoms with van der Waals surface area (Å²) in [5.41, 5.74) is 3.72. The molecular formula is C25H35N3O4S. The van der Waals surface area contributed by atoms with Crippen molar-refractivity contribution in [3.8, 4) is 0 Å². The van der Waals surface area contributed by atoms with Crippen LogP contribution >= 0.6 is 0 Å². The number of anilines is 1. The molecule has 33 heavy (non-hydrogen) atoms. The summed E-state index contributed by atoms with van der Waals surface area (Å²) in [6.45, 7) is 6.21. The third-order valence-corrected chi connectivity index (χ3v) is 6.83. The normalized spacial score (nSPS) is 12.2. The van der Waals surface area contributed by atoms with E-state index in [4.69, 9.17) is 0 Å². The molecular weight excluding hydrogens is 438 g/mol. The van der Waals surface area contributed by atoms with Gasteiger partial charge in [0.2, 0.25) is 21.8 Å². The number of nitrogens with one attached hydrogen (secondary N) is 1. The summed E-state index contributed by atoms with van der Waals surface area (Å²) in [6.07, 6.45) is 2.51. The quantitative estimate of drug-likeness (QED) is 0.543. The number of carbonyl (C=O) groups excluding carboxylic acids is 2. The molecule has 0 saturated heterocycles. The minimum absolute atomic E-state index is 0.131. The summed E-state index contributed by atoms with van der Waals surface area (Å²) < 4.78 is 26.1. The van der Waals surface area contributed by atoms with Gasteiger partial charge in [-0.05, 0) is 49.9 Å². The van der Waals surface area contributed by atoms with E-state index in [1.165, 1.54) is 10.6 Å². The van der Waals surface area contributed by atoms with E-state index in [-0.39, 0.29) is 24.8 Å². The van der Waals surface area contributed by atoms with Crippen LogP contribution in [0.4, 0.5) is 5.69 Å². The Bertz CT molecular complexity index is 1050. The van der Waals surface area contributed by atoms with Gasteiger partial charge < -0.3 is 10.2 Å². The smallest absolute Gasteiger partial charge is 0.242 e. The fourth-order valence-corrected chi connectivity index (χ4v) is 4.67. The monoisotopic (exact) mass is 473 g/mol. The summed E-state index contributed by atoms with van der Waals surface area (Å²) >= 11 is 0. The van der Waals surface area contributed by atoms with Crippen molar-refractivity contribution in [2.24, 2.45) is 0 Å². The molecule has 0 aliphatic carbocycles. The van der Waals surface area contributed by atoms with E-state index in [1.54, 1.807) is 31.0 Å².